The van der Waals surface area contributed by atoms with Gasteiger partial charge in [-0.25, -0.2) is 12.8 Å². The molecule has 29 heavy (non-hydrogen) atoms. The van der Waals surface area contributed by atoms with Gasteiger partial charge in [-0.2, -0.15) is 4.31 Å². The molecule has 2 saturated heterocycles. The predicted octanol–water partition coefficient (Wildman–Crippen LogP) is 1.46. The Kier molecular flexibility index (Phi) is 7.99. The molecule has 7 nitrogen and oxygen atoms in total. The van der Waals surface area contributed by atoms with E-state index in [1.54, 1.807) is 0 Å². The lowest BCUT2D eigenvalue weighted by atomic mass is 9.94. The van der Waals surface area contributed by atoms with E-state index in [1.807, 2.05) is 0 Å². The topological polar surface area (TPSA) is 79.0 Å². The lowest BCUT2D eigenvalue weighted by molar-refractivity contribution is -0.121. The Labute approximate surface area is 172 Å². The summed E-state index contributed by atoms with van der Waals surface area (Å²) in [6.07, 6.45) is 2.75. The van der Waals surface area contributed by atoms with Gasteiger partial charge >= 0.3 is 0 Å². The number of carbonyl (C=O) groups excluding carboxylic acids is 1. The zero-order chi connectivity index (χ0) is 20.7. The van der Waals surface area contributed by atoms with Crippen LogP contribution in [0.25, 0.3) is 0 Å². The number of hydrogen-bond acceptors (Lipinski definition) is 5. The highest BCUT2D eigenvalue weighted by Crippen LogP contribution is 2.26. The van der Waals surface area contributed by atoms with E-state index in [0.29, 0.717) is 32.5 Å². The highest BCUT2D eigenvalue weighted by molar-refractivity contribution is 7.89. The van der Waals surface area contributed by atoms with Crippen LogP contribution in [0.15, 0.2) is 29.2 Å². The van der Waals surface area contributed by atoms with Gasteiger partial charge in [0.15, 0.2) is 0 Å². The van der Waals surface area contributed by atoms with Gasteiger partial charge in [0.25, 0.3) is 0 Å². The van der Waals surface area contributed by atoms with Crippen molar-refractivity contribution in [2.75, 3.05) is 52.5 Å². The van der Waals surface area contributed by atoms with Gasteiger partial charge < -0.3 is 10.1 Å². The highest BCUT2D eigenvalue weighted by atomic mass is 32.2. The third-order valence-corrected chi connectivity index (χ3v) is 7.45. The minimum Gasteiger partial charge on any atom is -0.379 e. The summed E-state index contributed by atoms with van der Waals surface area (Å²) in [6.45, 7) is 5.59. The monoisotopic (exact) mass is 427 g/mol. The average molecular weight is 428 g/mol. The minimum atomic E-state index is -3.63. The Balaban J connectivity index is 1.42. The summed E-state index contributed by atoms with van der Waals surface area (Å²) in [7, 11) is -3.63. The number of amides is 1. The quantitative estimate of drug-likeness (QED) is 0.680. The molecule has 1 unspecified atom stereocenters. The Hall–Kier alpha value is -1.55. The summed E-state index contributed by atoms with van der Waals surface area (Å²) in [5.41, 5.74) is 0. The van der Waals surface area contributed by atoms with Crippen molar-refractivity contribution in [1.29, 1.82) is 0 Å². The van der Waals surface area contributed by atoms with Crippen LogP contribution in [0.3, 0.4) is 0 Å². The molecule has 162 valence electrons. The molecule has 1 aromatic rings. The number of ether oxygens (including phenoxy) is 1. The fourth-order valence-electron chi connectivity index (χ4n) is 3.84. The molecule has 2 aliphatic rings. The summed E-state index contributed by atoms with van der Waals surface area (Å²) in [6, 6.07) is 4.93. The van der Waals surface area contributed by atoms with Crippen LogP contribution < -0.4 is 5.32 Å². The van der Waals surface area contributed by atoms with Crippen LogP contribution >= 0.6 is 0 Å². The van der Waals surface area contributed by atoms with Crippen molar-refractivity contribution in [2.45, 2.75) is 30.6 Å². The smallest absolute Gasteiger partial charge is 0.243 e. The number of rotatable bonds is 8. The van der Waals surface area contributed by atoms with Gasteiger partial charge in [-0.05, 0) is 49.4 Å². The molecule has 1 N–H and O–H groups in total. The molecular formula is C20H30FN3O4S. The maximum Gasteiger partial charge on any atom is 0.243 e. The first-order chi connectivity index (χ1) is 13.9. The molecule has 1 atom stereocenters. The highest BCUT2D eigenvalue weighted by Gasteiger charge is 2.30. The summed E-state index contributed by atoms with van der Waals surface area (Å²) in [5, 5.41) is 2.95. The van der Waals surface area contributed by atoms with E-state index in [-0.39, 0.29) is 16.7 Å². The number of morpholine rings is 1. The molecule has 0 spiro atoms. The summed E-state index contributed by atoms with van der Waals surface area (Å²) in [5.74, 6) is -0.291. The van der Waals surface area contributed by atoms with Crippen molar-refractivity contribution in [3.63, 3.8) is 0 Å². The van der Waals surface area contributed by atoms with Gasteiger partial charge in [0.05, 0.1) is 18.1 Å². The number of benzene rings is 1. The number of hydrogen-bond donors (Lipinski definition) is 1. The predicted molar refractivity (Wildman–Crippen MR) is 107 cm³/mol. The fourth-order valence-corrected chi connectivity index (χ4v) is 5.39. The van der Waals surface area contributed by atoms with Crippen LogP contribution in [0, 0.1) is 11.7 Å². The first kappa shape index (κ1) is 22.1. The summed E-state index contributed by atoms with van der Waals surface area (Å²) < 4.78 is 45.4. The third-order valence-electron chi connectivity index (χ3n) is 5.57. The Morgan fingerprint density at radius 3 is 2.62 bits per heavy atom. The van der Waals surface area contributed by atoms with Crippen LogP contribution in [0.5, 0.6) is 0 Å². The SMILES string of the molecule is O=C(CCC1CCCN(S(=O)(=O)c2ccc(F)cc2)C1)NCCN1CCOCC1. The van der Waals surface area contributed by atoms with E-state index >= 15 is 0 Å². The van der Waals surface area contributed by atoms with E-state index < -0.39 is 15.8 Å². The first-order valence-corrected chi connectivity index (χ1v) is 11.7. The molecule has 0 saturated carbocycles. The third kappa shape index (κ3) is 6.47. The molecule has 0 aliphatic carbocycles. The largest absolute Gasteiger partial charge is 0.379 e. The van der Waals surface area contributed by atoms with E-state index in [2.05, 4.69) is 10.2 Å². The number of sulfonamides is 1. The Bertz CT molecular complexity index is 766. The van der Waals surface area contributed by atoms with Gasteiger partial charge in [0, 0.05) is 45.7 Å². The van der Waals surface area contributed by atoms with Crippen molar-refractivity contribution < 1.29 is 22.3 Å². The van der Waals surface area contributed by atoms with Crippen molar-refractivity contribution in [2.24, 2.45) is 5.92 Å². The lowest BCUT2D eigenvalue weighted by Gasteiger charge is -2.32. The molecular weight excluding hydrogens is 397 g/mol. The molecule has 0 radical (unpaired) electrons. The second kappa shape index (κ2) is 10.5. The van der Waals surface area contributed by atoms with Crippen LogP contribution in [0.1, 0.15) is 25.7 Å². The van der Waals surface area contributed by atoms with Crippen LogP contribution in [0.2, 0.25) is 0 Å². The molecule has 2 fully saturated rings. The van der Waals surface area contributed by atoms with Crippen molar-refractivity contribution >= 4 is 15.9 Å². The summed E-state index contributed by atoms with van der Waals surface area (Å²) >= 11 is 0. The van der Waals surface area contributed by atoms with Crippen LogP contribution in [-0.4, -0.2) is 76.0 Å². The first-order valence-electron chi connectivity index (χ1n) is 10.3. The second-order valence-corrected chi connectivity index (χ2v) is 9.61. The molecule has 1 aromatic carbocycles. The van der Waals surface area contributed by atoms with Crippen LogP contribution in [-0.2, 0) is 19.6 Å². The number of carbonyl (C=O) groups is 1. The molecule has 2 heterocycles. The van der Waals surface area contributed by atoms with Gasteiger partial charge in [-0.15, -0.1) is 0 Å². The number of nitrogens with one attached hydrogen (secondary N) is 1. The molecule has 1 amide bonds. The van der Waals surface area contributed by atoms with Crippen molar-refractivity contribution in [3.05, 3.63) is 30.1 Å². The normalized spacial score (nSPS) is 21.8. The molecule has 0 aromatic heterocycles. The van der Waals surface area contributed by atoms with E-state index in [4.69, 9.17) is 4.74 Å². The minimum absolute atomic E-state index is 0.0109. The maximum absolute atomic E-state index is 13.1. The van der Waals surface area contributed by atoms with E-state index in [1.165, 1.54) is 16.4 Å². The van der Waals surface area contributed by atoms with Gasteiger partial charge in [-0.3, -0.25) is 9.69 Å². The van der Waals surface area contributed by atoms with Gasteiger partial charge in [-0.1, -0.05) is 0 Å². The Morgan fingerprint density at radius 2 is 1.90 bits per heavy atom. The fraction of sp³-hybridized carbons (Fsp3) is 0.650. The maximum atomic E-state index is 13.1. The molecule has 2 aliphatic heterocycles. The molecule has 0 bridgehead atoms. The lowest BCUT2D eigenvalue weighted by Crippen LogP contribution is -2.42. The van der Waals surface area contributed by atoms with Crippen LogP contribution in [0.4, 0.5) is 4.39 Å². The zero-order valence-corrected chi connectivity index (χ0v) is 17.5. The van der Waals surface area contributed by atoms with Crippen molar-refractivity contribution in [1.82, 2.24) is 14.5 Å². The van der Waals surface area contributed by atoms with Crippen molar-refractivity contribution in [3.8, 4) is 0 Å². The van der Waals surface area contributed by atoms with E-state index in [9.17, 15) is 17.6 Å². The van der Waals surface area contributed by atoms with Gasteiger partial charge in [0.2, 0.25) is 15.9 Å². The molecule has 9 heteroatoms. The molecule has 3 rings (SSSR count). The number of halogens is 1. The average Bonchev–Trinajstić information content (AvgIpc) is 2.73. The summed E-state index contributed by atoms with van der Waals surface area (Å²) in [4.78, 5) is 14.5. The number of nitrogens with zero attached hydrogens (tertiary/aromatic N) is 2. The van der Waals surface area contributed by atoms with E-state index in [0.717, 1.165) is 57.8 Å². The van der Waals surface area contributed by atoms with Gasteiger partial charge in [0.1, 0.15) is 5.82 Å². The number of piperidine rings is 1. The Morgan fingerprint density at radius 1 is 1.17 bits per heavy atom. The second-order valence-electron chi connectivity index (χ2n) is 7.67. The standard InChI is InChI=1S/C20H30FN3O4S/c21-18-4-6-19(7-5-18)29(26,27)24-10-1-2-17(16-24)3-8-20(25)22-9-11-23-12-14-28-15-13-23/h4-7,17H,1-3,8-16H2,(H,22,25). The zero-order valence-electron chi connectivity index (χ0n) is 16.7.